The number of carbonyl (C=O) groups is 3. The molecule has 5 nitrogen and oxygen atoms in total. The molecule has 148 valence electrons. The Morgan fingerprint density at radius 3 is 2.20 bits per heavy atom. The Hall–Kier alpha value is -3.73. The van der Waals surface area contributed by atoms with Gasteiger partial charge in [-0.1, -0.05) is 78.9 Å². The minimum absolute atomic E-state index is 0.113. The molecule has 3 aromatic carbocycles. The Morgan fingerprint density at radius 1 is 0.867 bits per heavy atom. The van der Waals surface area contributed by atoms with E-state index in [1.54, 1.807) is 4.90 Å². The monoisotopic (exact) mass is 396 g/mol. The van der Waals surface area contributed by atoms with Gasteiger partial charge in [-0.2, -0.15) is 0 Å². The number of hydrogen-bond donors (Lipinski definition) is 0. The van der Waals surface area contributed by atoms with Gasteiger partial charge >= 0.3 is 0 Å². The molecule has 1 spiro atoms. The van der Waals surface area contributed by atoms with Crippen LogP contribution in [0.1, 0.15) is 29.0 Å². The average molecular weight is 396 g/mol. The first-order chi connectivity index (χ1) is 14.7. The van der Waals surface area contributed by atoms with E-state index in [9.17, 15) is 14.4 Å². The number of para-hydroxylation sites is 1. The van der Waals surface area contributed by atoms with E-state index in [4.69, 9.17) is 0 Å². The van der Waals surface area contributed by atoms with Crippen LogP contribution >= 0.6 is 0 Å². The highest BCUT2D eigenvalue weighted by Crippen LogP contribution is 2.56. The molecule has 2 heterocycles. The van der Waals surface area contributed by atoms with Gasteiger partial charge in [0, 0.05) is 17.9 Å². The summed E-state index contributed by atoms with van der Waals surface area (Å²) >= 11 is 0. The van der Waals surface area contributed by atoms with Crippen molar-refractivity contribution in [3.05, 3.63) is 102 Å². The van der Waals surface area contributed by atoms with Crippen molar-refractivity contribution in [2.24, 2.45) is 0 Å². The van der Waals surface area contributed by atoms with Crippen molar-refractivity contribution >= 4 is 23.9 Å². The molecule has 0 aliphatic carbocycles. The molecule has 0 bridgehead atoms. The first-order valence-electron chi connectivity index (χ1n) is 9.95. The van der Waals surface area contributed by atoms with Crippen molar-refractivity contribution in [1.82, 2.24) is 4.90 Å². The van der Waals surface area contributed by atoms with Crippen molar-refractivity contribution in [2.75, 3.05) is 4.90 Å². The zero-order valence-corrected chi connectivity index (χ0v) is 16.3. The van der Waals surface area contributed by atoms with Gasteiger partial charge in [0.1, 0.15) is 0 Å². The van der Waals surface area contributed by atoms with Crippen molar-refractivity contribution < 1.29 is 14.4 Å². The summed E-state index contributed by atoms with van der Waals surface area (Å²) in [5.74, 6) is -1.01. The topological polar surface area (TPSA) is 57.7 Å². The lowest BCUT2D eigenvalue weighted by molar-refractivity contribution is -0.146. The highest BCUT2D eigenvalue weighted by Gasteiger charge is 2.65. The van der Waals surface area contributed by atoms with Crippen LogP contribution in [0.2, 0.25) is 0 Å². The Balaban J connectivity index is 1.71. The second kappa shape index (κ2) is 6.95. The van der Waals surface area contributed by atoms with E-state index in [-0.39, 0.29) is 18.2 Å². The van der Waals surface area contributed by atoms with Crippen LogP contribution in [0.15, 0.2) is 84.9 Å². The SMILES string of the molecule is O=CN1C(=O)CC(c2ccccc2)C12C(=O)N(Cc1ccccc1)c1ccccc12. The third-order valence-corrected chi connectivity index (χ3v) is 6.20. The number of carbonyl (C=O) groups excluding carboxylic acids is 3. The van der Waals surface area contributed by atoms with Crippen LogP contribution < -0.4 is 4.90 Å². The summed E-state index contributed by atoms with van der Waals surface area (Å²) in [4.78, 5) is 41.9. The van der Waals surface area contributed by atoms with Gasteiger partial charge in [-0.3, -0.25) is 19.3 Å². The smallest absolute Gasteiger partial charge is 0.259 e. The van der Waals surface area contributed by atoms with Crippen molar-refractivity contribution in [2.45, 2.75) is 24.4 Å². The van der Waals surface area contributed by atoms with Gasteiger partial charge in [0.2, 0.25) is 12.3 Å². The molecule has 3 amide bonds. The quantitative estimate of drug-likeness (QED) is 0.633. The van der Waals surface area contributed by atoms with E-state index in [2.05, 4.69) is 0 Å². The van der Waals surface area contributed by atoms with Crippen LogP contribution in [0.3, 0.4) is 0 Å². The molecule has 2 aliphatic rings. The van der Waals surface area contributed by atoms with Gasteiger partial charge in [-0.15, -0.1) is 0 Å². The number of nitrogens with zero attached hydrogens (tertiary/aromatic N) is 2. The van der Waals surface area contributed by atoms with Crippen LogP contribution in [-0.2, 0) is 26.5 Å². The third-order valence-electron chi connectivity index (χ3n) is 6.20. The molecule has 5 heteroatoms. The maximum absolute atomic E-state index is 14.1. The fourth-order valence-corrected chi connectivity index (χ4v) is 4.93. The largest absolute Gasteiger partial charge is 0.305 e. The number of amides is 3. The molecule has 2 aliphatic heterocycles. The average Bonchev–Trinajstić information content (AvgIpc) is 3.22. The Morgan fingerprint density at radius 2 is 1.50 bits per heavy atom. The molecule has 0 radical (unpaired) electrons. The van der Waals surface area contributed by atoms with Gasteiger partial charge in [-0.05, 0) is 17.2 Å². The Kier molecular flexibility index (Phi) is 4.24. The maximum Gasteiger partial charge on any atom is 0.259 e. The minimum atomic E-state index is -1.36. The zero-order chi connectivity index (χ0) is 20.7. The van der Waals surface area contributed by atoms with E-state index >= 15 is 0 Å². The summed E-state index contributed by atoms with van der Waals surface area (Å²) in [5.41, 5.74) is 1.95. The standard InChI is InChI=1S/C25H20N2O3/c28-17-27-23(29)15-21(19-11-5-2-6-12-19)25(27)20-13-7-8-14-22(20)26(24(25)30)16-18-9-3-1-4-10-18/h1-14,17,21H,15-16H2. The molecule has 1 fully saturated rings. The maximum atomic E-state index is 14.1. The van der Waals surface area contributed by atoms with E-state index in [0.717, 1.165) is 21.7 Å². The normalized spacial score (nSPS) is 22.6. The highest BCUT2D eigenvalue weighted by molar-refractivity contribution is 6.14. The highest BCUT2D eigenvalue weighted by atomic mass is 16.2. The summed E-state index contributed by atoms with van der Waals surface area (Å²) in [7, 11) is 0. The van der Waals surface area contributed by atoms with Crippen LogP contribution in [0.5, 0.6) is 0 Å². The first-order valence-corrected chi connectivity index (χ1v) is 9.95. The Bertz CT molecular complexity index is 1130. The molecular formula is C25H20N2O3. The minimum Gasteiger partial charge on any atom is -0.305 e. The lowest BCUT2D eigenvalue weighted by atomic mass is 9.76. The number of imide groups is 1. The molecule has 0 saturated carbocycles. The lowest BCUT2D eigenvalue weighted by Crippen LogP contribution is -2.52. The van der Waals surface area contributed by atoms with E-state index in [0.29, 0.717) is 18.5 Å². The van der Waals surface area contributed by atoms with Crippen molar-refractivity contribution in [1.29, 1.82) is 0 Å². The summed E-state index contributed by atoms with van der Waals surface area (Å²) in [6.07, 6.45) is 0.633. The lowest BCUT2D eigenvalue weighted by Gasteiger charge is -2.35. The molecule has 0 aromatic heterocycles. The third kappa shape index (κ3) is 2.45. The van der Waals surface area contributed by atoms with Gasteiger partial charge in [-0.25, -0.2) is 0 Å². The number of benzene rings is 3. The van der Waals surface area contributed by atoms with Gasteiger partial charge < -0.3 is 4.90 Å². The fraction of sp³-hybridized carbons (Fsp3) is 0.160. The van der Waals surface area contributed by atoms with Crippen LogP contribution in [0, 0.1) is 0 Å². The number of fused-ring (bicyclic) bond motifs is 2. The molecule has 1 saturated heterocycles. The van der Waals surface area contributed by atoms with Crippen LogP contribution in [0.4, 0.5) is 5.69 Å². The Labute approximate surface area is 174 Å². The fourth-order valence-electron chi connectivity index (χ4n) is 4.93. The summed E-state index contributed by atoms with van der Waals surface area (Å²) in [6.45, 7) is 0.376. The van der Waals surface area contributed by atoms with Gasteiger partial charge in [0.05, 0.1) is 12.2 Å². The number of rotatable bonds is 4. The van der Waals surface area contributed by atoms with E-state index in [1.807, 2.05) is 84.9 Å². The summed E-state index contributed by atoms with van der Waals surface area (Å²) in [6, 6.07) is 26.7. The van der Waals surface area contributed by atoms with E-state index < -0.39 is 11.5 Å². The van der Waals surface area contributed by atoms with E-state index in [1.165, 1.54) is 0 Å². The summed E-state index contributed by atoms with van der Waals surface area (Å²) in [5, 5.41) is 0. The van der Waals surface area contributed by atoms with Crippen LogP contribution in [-0.4, -0.2) is 23.1 Å². The predicted octanol–water partition coefficient (Wildman–Crippen LogP) is 3.60. The molecule has 3 aromatic rings. The number of likely N-dealkylation sites (tertiary alicyclic amines) is 1. The number of hydrogen-bond acceptors (Lipinski definition) is 3. The van der Waals surface area contributed by atoms with Gasteiger partial charge in [0.25, 0.3) is 5.91 Å². The predicted molar refractivity (Wildman–Crippen MR) is 112 cm³/mol. The molecule has 2 atom stereocenters. The molecule has 5 rings (SSSR count). The van der Waals surface area contributed by atoms with Gasteiger partial charge in [0.15, 0.2) is 5.54 Å². The molecule has 30 heavy (non-hydrogen) atoms. The van der Waals surface area contributed by atoms with Crippen molar-refractivity contribution in [3.63, 3.8) is 0 Å². The molecular weight excluding hydrogens is 376 g/mol. The second-order valence-electron chi connectivity index (χ2n) is 7.70. The summed E-state index contributed by atoms with van der Waals surface area (Å²) < 4.78 is 0. The number of anilines is 1. The molecule has 2 unspecified atom stereocenters. The molecule has 0 N–H and O–H groups in total. The van der Waals surface area contributed by atoms with Crippen molar-refractivity contribution in [3.8, 4) is 0 Å². The first kappa shape index (κ1) is 18.3. The zero-order valence-electron chi connectivity index (χ0n) is 16.3. The van der Waals surface area contributed by atoms with Crippen LogP contribution in [0.25, 0.3) is 0 Å². The second-order valence-corrected chi connectivity index (χ2v) is 7.70.